The number of rotatable bonds is 6. The van der Waals surface area contributed by atoms with Crippen LogP contribution in [0.25, 0.3) is 11.3 Å². The summed E-state index contributed by atoms with van der Waals surface area (Å²) in [5.74, 6) is -0.0389. The molecule has 0 spiro atoms. The maximum absolute atomic E-state index is 13.2. The Balaban J connectivity index is 1.77. The largest absolute Gasteiger partial charge is 0.455 e. The molecule has 2 heterocycles. The molecule has 3 rings (SSSR count). The summed E-state index contributed by atoms with van der Waals surface area (Å²) in [5.41, 5.74) is 6.33. The minimum atomic E-state index is -4.48. The monoisotopic (exact) mass is 407 g/mol. The van der Waals surface area contributed by atoms with Crippen LogP contribution in [0.4, 0.5) is 13.2 Å². The summed E-state index contributed by atoms with van der Waals surface area (Å²) < 4.78 is 46.7. The maximum atomic E-state index is 13.2. The fraction of sp³-hybridized carbons (Fsp3) is 0.316. The molecule has 3 N–H and O–H groups in total. The fourth-order valence-electron chi connectivity index (χ4n) is 3.07. The smallest absolute Gasteiger partial charge is 0.416 e. The van der Waals surface area contributed by atoms with E-state index in [9.17, 15) is 18.0 Å². The molecular weight excluding hydrogens is 387 g/mol. The quantitative estimate of drug-likeness (QED) is 0.655. The molecular formula is C19H20F3N5O2. The number of nitrogens with zero attached hydrogens (tertiary/aromatic N) is 3. The van der Waals surface area contributed by atoms with E-state index in [1.165, 1.54) is 29.1 Å². The highest BCUT2D eigenvalue weighted by Gasteiger charge is 2.33. The van der Waals surface area contributed by atoms with Crippen molar-refractivity contribution in [2.45, 2.75) is 25.6 Å². The highest BCUT2D eigenvalue weighted by Crippen LogP contribution is 2.32. The van der Waals surface area contributed by atoms with Gasteiger partial charge in [0.1, 0.15) is 5.76 Å². The highest BCUT2D eigenvalue weighted by molar-refractivity contribution is 5.93. The Morgan fingerprint density at radius 2 is 2.07 bits per heavy atom. The standard InChI is InChI=1S/C19H20F3N5O2/c1-11-14(16-10-24-26-27(16)2)8-17(29-11)18(28)25-13(9-23)7-12-5-3-4-6-15(12)19(20,21)22/h3-6,8,10,13H,7,9,23H2,1-2H3,(H,25,28)/t13-/m0/s1. The van der Waals surface area contributed by atoms with Crippen molar-refractivity contribution in [3.63, 3.8) is 0 Å². The minimum absolute atomic E-state index is 0.0289. The molecule has 0 saturated carbocycles. The van der Waals surface area contributed by atoms with E-state index in [0.29, 0.717) is 17.0 Å². The highest BCUT2D eigenvalue weighted by atomic mass is 19.4. The van der Waals surface area contributed by atoms with E-state index >= 15 is 0 Å². The van der Waals surface area contributed by atoms with Gasteiger partial charge in [-0.2, -0.15) is 13.2 Å². The van der Waals surface area contributed by atoms with Gasteiger partial charge in [-0.3, -0.25) is 4.79 Å². The molecule has 0 radical (unpaired) electrons. The first-order chi connectivity index (χ1) is 13.7. The Morgan fingerprint density at radius 3 is 2.69 bits per heavy atom. The van der Waals surface area contributed by atoms with Gasteiger partial charge in [0.25, 0.3) is 5.91 Å². The summed E-state index contributed by atoms with van der Waals surface area (Å²) in [6.07, 6.45) is -3.00. The van der Waals surface area contributed by atoms with Gasteiger partial charge in [0.05, 0.1) is 17.5 Å². The molecule has 1 aromatic carbocycles. The Labute approximate surface area is 164 Å². The zero-order chi connectivity index (χ0) is 21.2. The first-order valence-corrected chi connectivity index (χ1v) is 8.82. The SMILES string of the molecule is Cc1oc(C(=O)N[C@H](CN)Cc2ccccc2C(F)(F)F)cc1-c1cnnn1C. The van der Waals surface area contributed by atoms with Crippen LogP contribution in [0.3, 0.4) is 0 Å². The van der Waals surface area contributed by atoms with E-state index in [-0.39, 0.29) is 24.3 Å². The van der Waals surface area contributed by atoms with Gasteiger partial charge in [0.2, 0.25) is 0 Å². The number of carbonyl (C=O) groups is 1. The number of halogens is 3. The van der Waals surface area contributed by atoms with Gasteiger partial charge in [0, 0.05) is 25.2 Å². The number of furan rings is 1. The molecule has 3 aromatic rings. The Hall–Kier alpha value is -3.14. The second kappa shape index (κ2) is 8.08. The molecule has 0 aliphatic rings. The number of hydrogen-bond donors (Lipinski definition) is 2. The molecule has 0 fully saturated rings. The van der Waals surface area contributed by atoms with Crippen LogP contribution in [-0.4, -0.2) is 33.5 Å². The number of alkyl halides is 3. The lowest BCUT2D eigenvalue weighted by Crippen LogP contribution is -2.42. The van der Waals surface area contributed by atoms with Gasteiger partial charge >= 0.3 is 6.18 Å². The van der Waals surface area contributed by atoms with Crippen molar-refractivity contribution in [2.24, 2.45) is 12.8 Å². The Kier molecular flexibility index (Phi) is 5.73. The zero-order valence-corrected chi connectivity index (χ0v) is 15.8. The number of benzene rings is 1. The van der Waals surface area contributed by atoms with Crippen LogP contribution in [0.5, 0.6) is 0 Å². The molecule has 0 aliphatic heterocycles. The molecule has 1 atom stereocenters. The second-order valence-electron chi connectivity index (χ2n) is 6.59. The van der Waals surface area contributed by atoms with Crippen LogP contribution in [-0.2, 0) is 19.6 Å². The van der Waals surface area contributed by atoms with Gasteiger partial charge in [-0.1, -0.05) is 23.4 Å². The molecule has 0 saturated heterocycles. The number of hydrogen-bond acceptors (Lipinski definition) is 5. The average Bonchev–Trinajstić information content (AvgIpc) is 3.25. The lowest BCUT2D eigenvalue weighted by Gasteiger charge is -2.19. The third kappa shape index (κ3) is 4.48. The molecule has 0 bridgehead atoms. The summed E-state index contributed by atoms with van der Waals surface area (Å²) in [7, 11) is 1.71. The molecule has 7 nitrogen and oxygen atoms in total. The molecule has 10 heteroatoms. The second-order valence-corrected chi connectivity index (χ2v) is 6.59. The molecule has 1 amide bonds. The van der Waals surface area contributed by atoms with E-state index in [1.54, 1.807) is 20.0 Å². The molecule has 0 aliphatic carbocycles. The lowest BCUT2D eigenvalue weighted by atomic mass is 9.99. The first kappa shape index (κ1) is 20.6. The van der Waals surface area contributed by atoms with Gasteiger partial charge in [-0.25, -0.2) is 4.68 Å². The van der Waals surface area contributed by atoms with Gasteiger partial charge < -0.3 is 15.5 Å². The van der Waals surface area contributed by atoms with Crippen molar-refractivity contribution in [2.75, 3.05) is 6.54 Å². The van der Waals surface area contributed by atoms with Crippen molar-refractivity contribution in [3.05, 3.63) is 59.2 Å². The van der Waals surface area contributed by atoms with Crippen molar-refractivity contribution in [3.8, 4) is 11.3 Å². The van der Waals surface area contributed by atoms with Gasteiger partial charge in [0.15, 0.2) is 5.76 Å². The Morgan fingerprint density at radius 1 is 1.34 bits per heavy atom. The van der Waals surface area contributed by atoms with Crippen molar-refractivity contribution in [1.29, 1.82) is 0 Å². The van der Waals surface area contributed by atoms with E-state index < -0.39 is 23.7 Å². The lowest BCUT2D eigenvalue weighted by molar-refractivity contribution is -0.138. The number of aryl methyl sites for hydroxylation is 2. The fourth-order valence-corrected chi connectivity index (χ4v) is 3.07. The molecule has 0 unspecified atom stereocenters. The van der Waals surface area contributed by atoms with Crippen LogP contribution >= 0.6 is 0 Å². The third-order valence-electron chi connectivity index (χ3n) is 4.54. The molecule has 154 valence electrons. The van der Waals surface area contributed by atoms with E-state index in [2.05, 4.69) is 15.6 Å². The van der Waals surface area contributed by atoms with E-state index in [0.717, 1.165) is 6.07 Å². The number of nitrogens with one attached hydrogen (secondary N) is 1. The summed E-state index contributed by atoms with van der Waals surface area (Å²) in [4.78, 5) is 12.6. The molecule has 2 aromatic heterocycles. The number of carbonyl (C=O) groups excluding carboxylic acids is 1. The van der Waals surface area contributed by atoms with Gasteiger partial charge in [-0.15, -0.1) is 5.10 Å². The first-order valence-electron chi connectivity index (χ1n) is 8.82. The molecule has 29 heavy (non-hydrogen) atoms. The van der Waals surface area contributed by atoms with Crippen LogP contribution < -0.4 is 11.1 Å². The average molecular weight is 407 g/mol. The minimum Gasteiger partial charge on any atom is -0.455 e. The van der Waals surface area contributed by atoms with Crippen molar-refractivity contribution >= 4 is 5.91 Å². The van der Waals surface area contributed by atoms with Crippen LogP contribution in [0.15, 0.2) is 40.9 Å². The van der Waals surface area contributed by atoms with E-state index in [4.69, 9.17) is 10.2 Å². The third-order valence-corrected chi connectivity index (χ3v) is 4.54. The number of aromatic nitrogens is 3. The van der Waals surface area contributed by atoms with Crippen molar-refractivity contribution < 1.29 is 22.4 Å². The number of amides is 1. The van der Waals surface area contributed by atoms with Crippen molar-refractivity contribution in [1.82, 2.24) is 20.3 Å². The summed E-state index contributed by atoms with van der Waals surface area (Å²) in [6.45, 7) is 1.66. The summed E-state index contributed by atoms with van der Waals surface area (Å²) in [5, 5.41) is 10.3. The van der Waals surface area contributed by atoms with Crippen LogP contribution in [0, 0.1) is 6.92 Å². The zero-order valence-electron chi connectivity index (χ0n) is 15.8. The Bertz CT molecular complexity index is 1010. The van der Waals surface area contributed by atoms with Crippen LogP contribution in [0.1, 0.15) is 27.4 Å². The number of nitrogens with two attached hydrogens (primary N) is 1. The predicted molar refractivity (Wildman–Crippen MR) is 98.9 cm³/mol. The van der Waals surface area contributed by atoms with Gasteiger partial charge in [-0.05, 0) is 31.0 Å². The topological polar surface area (TPSA) is 99.0 Å². The summed E-state index contributed by atoms with van der Waals surface area (Å²) in [6, 6.07) is 6.07. The maximum Gasteiger partial charge on any atom is 0.416 e. The predicted octanol–water partition coefficient (Wildman–Crippen LogP) is 2.70. The van der Waals surface area contributed by atoms with Crippen LogP contribution in [0.2, 0.25) is 0 Å². The normalized spacial score (nSPS) is 12.8. The van der Waals surface area contributed by atoms with E-state index in [1.807, 2.05) is 0 Å². The summed E-state index contributed by atoms with van der Waals surface area (Å²) >= 11 is 0.